The number of H-pyrrole nitrogens is 1. The molecule has 0 aliphatic carbocycles. The van der Waals surface area contributed by atoms with Crippen molar-refractivity contribution in [1.29, 1.82) is 0 Å². The lowest BCUT2D eigenvalue weighted by Crippen LogP contribution is -2.44. The summed E-state index contributed by atoms with van der Waals surface area (Å²) in [6.07, 6.45) is 1.20. The predicted octanol–water partition coefficient (Wildman–Crippen LogP) is 3.76. The van der Waals surface area contributed by atoms with Gasteiger partial charge in [-0.2, -0.15) is 4.98 Å². The number of morpholine rings is 1. The van der Waals surface area contributed by atoms with Crippen LogP contribution in [-0.2, 0) is 4.74 Å². The topological polar surface area (TPSA) is 115 Å². The van der Waals surface area contributed by atoms with Crippen LogP contribution < -0.4 is 30.5 Å². The molecule has 2 aliphatic heterocycles. The molecule has 12 heteroatoms. The quantitative estimate of drug-likeness (QED) is 0.349. The molecule has 0 spiro atoms. The number of ether oxygens (including phenoxy) is 3. The van der Waals surface area contributed by atoms with Crippen molar-refractivity contribution in [2.75, 3.05) is 62.4 Å². The molecule has 0 radical (unpaired) electrons. The van der Waals surface area contributed by atoms with E-state index in [1.807, 2.05) is 26.0 Å². The summed E-state index contributed by atoms with van der Waals surface area (Å²) >= 11 is 6.14. The highest BCUT2D eigenvalue weighted by Crippen LogP contribution is 2.38. The van der Waals surface area contributed by atoms with Crippen molar-refractivity contribution in [3.63, 3.8) is 0 Å². The van der Waals surface area contributed by atoms with Crippen molar-refractivity contribution < 1.29 is 14.2 Å². The van der Waals surface area contributed by atoms with Gasteiger partial charge in [-0.15, -0.1) is 0 Å². The summed E-state index contributed by atoms with van der Waals surface area (Å²) in [5.74, 6) is 2.73. The Morgan fingerprint density at radius 1 is 0.927 bits per heavy atom. The van der Waals surface area contributed by atoms with Crippen LogP contribution in [0.15, 0.2) is 39.9 Å². The van der Waals surface area contributed by atoms with Crippen molar-refractivity contribution in [1.82, 2.24) is 19.5 Å². The van der Waals surface area contributed by atoms with Gasteiger partial charge < -0.3 is 29.0 Å². The summed E-state index contributed by atoms with van der Waals surface area (Å²) < 4.78 is 18.7. The molecule has 6 rings (SSSR count). The van der Waals surface area contributed by atoms with Crippen LogP contribution in [0.2, 0.25) is 5.02 Å². The van der Waals surface area contributed by atoms with Gasteiger partial charge >= 0.3 is 5.69 Å². The van der Waals surface area contributed by atoms with Gasteiger partial charge in [0.25, 0.3) is 5.56 Å². The second-order valence-electron chi connectivity index (χ2n) is 10.1. The standard InChI is InChI=1S/C29H33ClN6O5/c1-3-40-24-16-20-23(17-25(24)41-4-2)31-28(35-11-13-39-14-12-35)33-26(20)34-9-7-19(8-10-34)36-27(37)21-15-18(30)5-6-22(21)32-29(36)38/h5-6,15-17,19H,3-4,7-14H2,1-2H3,(H,32,38). The number of aromatic amines is 1. The minimum absolute atomic E-state index is 0.249. The fourth-order valence-corrected chi connectivity index (χ4v) is 5.83. The lowest BCUT2D eigenvalue weighted by molar-refractivity contribution is 0.122. The number of fused-ring (bicyclic) bond motifs is 2. The average molecular weight is 581 g/mol. The van der Waals surface area contributed by atoms with Crippen LogP contribution in [0, 0.1) is 0 Å². The van der Waals surface area contributed by atoms with E-state index in [4.69, 9.17) is 35.8 Å². The molecule has 0 bridgehead atoms. The van der Waals surface area contributed by atoms with Crippen molar-refractivity contribution in [2.45, 2.75) is 32.7 Å². The molecule has 4 heterocycles. The third kappa shape index (κ3) is 5.31. The first kappa shape index (κ1) is 27.3. The van der Waals surface area contributed by atoms with Crippen LogP contribution in [0.4, 0.5) is 11.8 Å². The number of halogens is 1. The van der Waals surface area contributed by atoms with E-state index >= 15 is 0 Å². The monoisotopic (exact) mass is 580 g/mol. The Hall–Kier alpha value is -3.83. The summed E-state index contributed by atoms with van der Waals surface area (Å²) in [5, 5.41) is 1.72. The van der Waals surface area contributed by atoms with Gasteiger partial charge in [-0.1, -0.05) is 11.6 Å². The summed E-state index contributed by atoms with van der Waals surface area (Å²) in [6, 6.07) is 8.55. The highest BCUT2D eigenvalue weighted by molar-refractivity contribution is 6.31. The highest BCUT2D eigenvalue weighted by atomic mass is 35.5. The molecule has 1 N–H and O–H groups in total. The molecule has 216 valence electrons. The van der Waals surface area contributed by atoms with Gasteiger partial charge in [-0.25, -0.2) is 9.78 Å². The molecule has 41 heavy (non-hydrogen) atoms. The van der Waals surface area contributed by atoms with Crippen LogP contribution in [0.25, 0.3) is 21.8 Å². The Bertz CT molecular complexity index is 1690. The molecule has 0 unspecified atom stereocenters. The molecule has 2 aromatic heterocycles. The Kier molecular flexibility index (Phi) is 7.72. The van der Waals surface area contributed by atoms with Crippen LogP contribution >= 0.6 is 11.6 Å². The second-order valence-corrected chi connectivity index (χ2v) is 10.6. The summed E-state index contributed by atoms with van der Waals surface area (Å²) in [7, 11) is 0. The smallest absolute Gasteiger partial charge is 0.329 e. The van der Waals surface area contributed by atoms with Crippen molar-refractivity contribution >= 4 is 45.2 Å². The van der Waals surface area contributed by atoms with Crippen LogP contribution in [0.1, 0.15) is 32.7 Å². The van der Waals surface area contributed by atoms with Gasteiger partial charge in [0, 0.05) is 48.7 Å². The zero-order chi connectivity index (χ0) is 28.5. The van der Waals surface area contributed by atoms with E-state index in [9.17, 15) is 9.59 Å². The van der Waals surface area contributed by atoms with Gasteiger partial charge in [-0.3, -0.25) is 9.36 Å². The number of nitrogens with one attached hydrogen (secondary N) is 1. The van der Waals surface area contributed by atoms with E-state index in [2.05, 4.69) is 14.8 Å². The minimum Gasteiger partial charge on any atom is -0.490 e. The number of benzene rings is 2. The predicted molar refractivity (Wildman–Crippen MR) is 159 cm³/mol. The molecule has 0 amide bonds. The van der Waals surface area contributed by atoms with Gasteiger partial charge in [-0.05, 0) is 51.0 Å². The molecule has 2 aliphatic rings. The van der Waals surface area contributed by atoms with Gasteiger partial charge in [0.05, 0.1) is 42.8 Å². The Labute approximate surface area is 241 Å². The first-order valence-electron chi connectivity index (χ1n) is 14.1. The third-order valence-electron chi connectivity index (χ3n) is 7.64. The Morgan fingerprint density at radius 2 is 1.63 bits per heavy atom. The maximum atomic E-state index is 13.3. The Balaban J connectivity index is 1.36. The van der Waals surface area contributed by atoms with Crippen LogP contribution in [-0.4, -0.2) is 72.1 Å². The SMILES string of the molecule is CCOc1cc2nc(N3CCOCC3)nc(N3CCC(n4c(=O)[nH]c5ccc(Cl)cc5c4=O)CC3)c2cc1OCC. The number of hydrogen-bond donors (Lipinski definition) is 1. The lowest BCUT2D eigenvalue weighted by atomic mass is 10.0. The van der Waals surface area contributed by atoms with E-state index < -0.39 is 5.69 Å². The summed E-state index contributed by atoms with van der Waals surface area (Å²) in [5.41, 5.74) is 0.522. The maximum Gasteiger partial charge on any atom is 0.329 e. The number of nitrogens with zero attached hydrogens (tertiary/aromatic N) is 5. The van der Waals surface area contributed by atoms with E-state index in [1.54, 1.807) is 18.2 Å². The first-order valence-corrected chi connectivity index (χ1v) is 14.5. The number of rotatable bonds is 7. The summed E-state index contributed by atoms with van der Waals surface area (Å²) in [4.78, 5) is 43.5. The normalized spacial score (nSPS) is 16.5. The molecule has 2 fully saturated rings. The van der Waals surface area contributed by atoms with Crippen molar-refractivity contribution in [2.24, 2.45) is 0 Å². The molecule has 4 aromatic rings. The van der Waals surface area contributed by atoms with Crippen LogP contribution in [0.3, 0.4) is 0 Å². The lowest BCUT2D eigenvalue weighted by Gasteiger charge is -2.35. The van der Waals surface area contributed by atoms with E-state index in [0.29, 0.717) is 98.8 Å². The number of aromatic nitrogens is 4. The molecule has 2 saturated heterocycles. The van der Waals surface area contributed by atoms with Gasteiger partial charge in [0.2, 0.25) is 5.95 Å². The van der Waals surface area contributed by atoms with E-state index in [-0.39, 0.29) is 11.6 Å². The van der Waals surface area contributed by atoms with Gasteiger partial charge in [0.1, 0.15) is 5.82 Å². The average Bonchev–Trinajstić information content (AvgIpc) is 2.98. The zero-order valence-corrected chi connectivity index (χ0v) is 23.9. The third-order valence-corrected chi connectivity index (χ3v) is 7.88. The second kappa shape index (κ2) is 11.6. The molecule has 0 atom stereocenters. The largest absolute Gasteiger partial charge is 0.490 e. The molecule has 0 saturated carbocycles. The minimum atomic E-state index is -0.407. The zero-order valence-electron chi connectivity index (χ0n) is 23.2. The molecular weight excluding hydrogens is 548 g/mol. The molecule has 11 nitrogen and oxygen atoms in total. The number of piperidine rings is 1. The maximum absolute atomic E-state index is 13.3. The fourth-order valence-electron chi connectivity index (χ4n) is 5.66. The number of hydrogen-bond acceptors (Lipinski definition) is 9. The highest BCUT2D eigenvalue weighted by Gasteiger charge is 2.28. The molecule has 2 aromatic carbocycles. The number of anilines is 2. The van der Waals surface area contributed by atoms with E-state index in [1.165, 1.54) is 4.57 Å². The van der Waals surface area contributed by atoms with Crippen molar-refractivity contribution in [3.05, 3.63) is 56.2 Å². The summed E-state index contributed by atoms with van der Waals surface area (Å²) in [6.45, 7) is 8.76. The fraction of sp³-hybridized carbons (Fsp3) is 0.448. The van der Waals surface area contributed by atoms with Crippen molar-refractivity contribution in [3.8, 4) is 11.5 Å². The van der Waals surface area contributed by atoms with E-state index in [0.717, 1.165) is 16.7 Å². The Morgan fingerprint density at radius 3 is 2.34 bits per heavy atom. The first-order chi connectivity index (χ1) is 20.0. The van der Waals surface area contributed by atoms with Gasteiger partial charge in [0.15, 0.2) is 11.5 Å². The van der Waals surface area contributed by atoms with Crippen LogP contribution in [0.5, 0.6) is 11.5 Å². The molecular formula is C29H33ClN6O5.